The van der Waals surface area contributed by atoms with E-state index in [9.17, 15) is 13.6 Å². The number of nitrogens with zero attached hydrogens (tertiary/aromatic N) is 1. The fourth-order valence-electron chi connectivity index (χ4n) is 0.780. The quantitative estimate of drug-likeness (QED) is 0.399. The molecule has 1 aromatic heterocycles. The number of carbonyl (C=O) groups is 1. The zero-order chi connectivity index (χ0) is 11.3. The van der Waals surface area contributed by atoms with Crippen LogP contribution < -0.4 is 0 Å². The minimum atomic E-state index is -1.20. The normalized spacial score (nSPS) is 9.00. The Hall–Kier alpha value is -1.96. The van der Waals surface area contributed by atoms with Crippen molar-refractivity contribution in [1.82, 2.24) is 4.98 Å². The van der Waals surface area contributed by atoms with Crippen LogP contribution >= 0.6 is 0 Å². The van der Waals surface area contributed by atoms with Crippen LogP contribution in [0.4, 0.5) is 8.78 Å². The van der Waals surface area contributed by atoms with Crippen LogP contribution in [0.15, 0.2) is 12.3 Å². The molecule has 0 unspecified atom stereocenters. The third-order valence-corrected chi connectivity index (χ3v) is 1.38. The largest absolute Gasteiger partial charge is 0.456 e. The molecule has 0 aliphatic rings. The summed E-state index contributed by atoms with van der Waals surface area (Å²) in [6, 6.07) is 0.856. The van der Waals surface area contributed by atoms with E-state index < -0.39 is 17.7 Å². The molecule has 0 spiro atoms. The summed E-state index contributed by atoms with van der Waals surface area (Å²) >= 11 is 0. The number of ether oxygens (including phenoxy) is 1. The molecule has 1 heterocycles. The fraction of sp³-hybridized carbons (Fsp3) is 0.200. The lowest BCUT2D eigenvalue weighted by Gasteiger charge is -1.92. The number of carbonyl (C=O) groups excluding carboxylic acids is 1. The van der Waals surface area contributed by atoms with Gasteiger partial charge in [-0.15, -0.1) is 0 Å². The average molecular weight is 211 g/mol. The molecular weight excluding hydrogens is 204 g/mol. The molecular formula is C10H7F2NO2. The van der Waals surface area contributed by atoms with Gasteiger partial charge in [0.1, 0.15) is 0 Å². The second-order valence-corrected chi connectivity index (χ2v) is 2.47. The number of esters is 1. The molecule has 0 N–H and O–H groups in total. The van der Waals surface area contributed by atoms with Gasteiger partial charge >= 0.3 is 5.97 Å². The molecule has 3 nitrogen and oxygen atoms in total. The Balaban J connectivity index is 2.80. The summed E-state index contributed by atoms with van der Waals surface area (Å²) in [6.07, 6.45) is 1.03. The van der Waals surface area contributed by atoms with Crippen LogP contribution in [0.3, 0.4) is 0 Å². The van der Waals surface area contributed by atoms with Gasteiger partial charge in [-0.05, 0) is 13.0 Å². The van der Waals surface area contributed by atoms with Crippen molar-refractivity contribution in [3.63, 3.8) is 0 Å². The molecule has 0 saturated heterocycles. The van der Waals surface area contributed by atoms with Crippen molar-refractivity contribution in [3.05, 3.63) is 29.6 Å². The minimum absolute atomic E-state index is 0.113. The predicted octanol–water partition coefficient (Wildman–Crippen LogP) is 1.27. The smallest absolute Gasteiger partial charge is 0.384 e. The zero-order valence-corrected chi connectivity index (χ0v) is 7.88. The van der Waals surface area contributed by atoms with Crippen LogP contribution in [0.1, 0.15) is 12.5 Å². The Kier molecular flexibility index (Phi) is 3.75. The molecule has 0 radical (unpaired) electrons. The first kappa shape index (κ1) is 11.1. The number of halogens is 2. The Morgan fingerprint density at radius 3 is 2.93 bits per heavy atom. The summed E-state index contributed by atoms with van der Waals surface area (Å²) in [5.74, 6) is 1.39. The summed E-state index contributed by atoms with van der Waals surface area (Å²) in [5.41, 5.74) is 0.113. The van der Waals surface area contributed by atoms with Gasteiger partial charge in [0, 0.05) is 17.7 Å². The second kappa shape index (κ2) is 5.05. The van der Waals surface area contributed by atoms with Gasteiger partial charge in [-0.25, -0.2) is 14.2 Å². The molecule has 0 fully saturated rings. The van der Waals surface area contributed by atoms with Gasteiger partial charge in [-0.1, -0.05) is 5.92 Å². The van der Waals surface area contributed by atoms with Crippen molar-refractivity contribution in [2.24, 2.45) is 0 Å². The molecule has 0 saturated carbocycles. The summed E-state index contributed by atoms with van der Waals surface area (Å²) < 4.78 is 29.5. The fourth-order valence-corrected chi connectivity index (χ4v) is 0.780. The maximum Gasteiger partial charge on any atom is 0.384 e. The monoisotopic (exact) mass is 211 g/mol. The highest BCUT2D eigenvalue weighted by Crippen LogP contribution is 2.03. The lowest BCUT2D eigenvalue weighted by atomic mass is 10.3. The molecule has 0 aliphatic heterocycles. The molecule has 78 valence electrons. The maximum atomic E-state index is 12.6. The van der Waals surface area contributed by atoms with Crippen LogP contribution in [0.25, 0.3) is 0 Å². The van der Waals surface area contributed by atoms with E-state index in [1.54, 1.807) is 6.92 Å². The van der Waals surface area contributed by atoms with E-state index in [1.807, 2.05) is 0 Å². The average Bonchev–Trinajstić information content (AvgIpc) is 2.20. The van der Waals surface area contributed by atoms with E-state index in [4.69, 9.17) is 0 Å². The van der Waals surface area contributed by atoms with Crippen molar-refractivity contribution >= 4 is 5.97 Å². The van der Waals surface area contributed by atoms with Crippen molar-refractivity contribution in [2.75, 3.05) is 6.61 Å². The van der Waals surface area contributed by atoms with Crippen molar-refractivity contribution in [1.29, 1.82) is 0 Å². The second-order valence-electron chi connectivity index (χ2n) is 2.47. The molecule has 15 heavy (non-hydrogen) atoms. The Morgan fingerprint density at radius 2 is 2.33 bits per heavy atom. The SMILES string of the molecule is CCOC(=O)C#Cc1cnc(F)c(F)c1. The van der Waals surface area contributed by atoms with Gasteiger partial charge in [-0.3, -0.25) is 0 Å². The van der Waals surface area contributed by atoms with E-state index >= 15 is 0 Å². The number of pyridine rings is 1. The van der Waals surface area contributed by atoms with Gasteiger partial charge in [0.2, 0.25) is 5.95 Å². The Morgan fingerprint density at radius 1 is 1.60 bits per heavy atom. The maximum absolute atomic E-state index is 12.6. The third-order valence-electron chi connectivity index (χ3n) is 1.38. The van der Waals surface area contributed by atoms with Crippen LogP contribution in [0, 0.1) is 23.6 Å². The molecule has 0 bridgehead atoms. The minimum Gasteiger partial charge on any atom is -0.456 e. The molecule has 0 atom stereocenters. The summed E-state index contributed by atoms with van der Waals surface area (Å²) in [5, 5.41) is 0. The Labute approximate surface area is 85.1 Å². The lowest BCUT2D eigenvalue weighted by molar-refractivity contribution is -0.136. The highest BCUT2D eigenvalue weighted by molar-refractivity contribution is 5.89. The highest BCUT2D eigenvalue weighted by atomic mass is 19.2. The van der Waals surface area contributed by atoms with Crippen LogP contribution in [0.2, 0.25) is 0 Å². The van der Waals surface area contributed by atoms with Gasteiger partial charge in [0.25, 0.3) is 0 Å². The lowest BCUT2D eigenvalue weighted by Crippen LogP contribution is -1.99. The third kappa shape index (κ3) is 3.35. The van der Waals surface area contributed by atoms with E-state index in [0.29, 0.717) is 0 Å². The molecule has 1 aromatic rings. The number of hydrogen-bond acceptors (Lipinski definition) is 3. The van der Waals surface area contributed by atoms with Crippen LogP contribution in [0.5, 0.6) is 0 Å². The van der Waals surface area contributed by atoms with Crippen molar-refractivity contribution < 1.29 is 18.3 Å². The molecule has 0 aliphatic carbocycles. The number of hydrogen-bond donors (Lipinski definition) is 0. The van der Waals surface area contributed by atoms with E-state index in [1.165, 1.54) is 0 Å². The van der Waals surface area contributed by atoms with E-state index in [2.05, 4.69) is 21.6 Å². The van der Waals surface area contributed by atoms with E-state index in [-0.39, 0.29) is 12.2 Å². The molecule has 0 aromatic carbocycles. The summed E-state index contributed by atoms with van der Waals surface area (Å²) in [4.78, 5) is 13.9. The standard InChI is InChI=1S/C10H7F2NO2/c1-2-15-9(14)4-3-7-5-8(11)10(12)13-6-7/h5-6H,2H2,1H3. The molecule has 1 rings (SSSR count). The first-order valence-corrected chi connectivity index (χ1v) is 4.13. The molecule has 0 amide bonds. The van der Waals surface area contributed by atoms with Crippen LogP contribution in [-0.4, -0.2) is 17.6 Å². The van der Waals surface area contributed by atoms with Gasteiger partial charge < -0.3 is 4.74 Å². The van der Waals surface area contributed by atoms with Gasteiger partial charge in [-0.2, -0.15) is 4.39 Å². The van der Waals surface area contributed by atoms with Crippen LogP contribution in [-0.2, 0) is 9.53 Å². The molecule has 5 heteroatoms. The van der Waals surface area contributed by atoms with Crippen molar-refractivity contribution in [2.45, 2.75) is 6.92 Å². The summed E-state index contributed by atoms with van der Waals surface area (Å²) in [7, 11) is 0. The van der Waals surface area contributed by atoms with E-state index in [0.717, 1.165) is 12.3 Å². The first-order chi connectivity index (χ1) is 7.13. The zero-order valence-electron chi connectivity index (χ0n) is 7.88. The predicted molar refractivity (Wildman–Crippen MR) is 47.7 cm³/mol. The highest BCUT2D eigenvalue weighted by Gasteiger charge is 2.02. The van der Waals surface area contributed by atoms with Gasteiger partial charge in [0.05, 0.1) is 6.61 Å². The van der Waals surface area contributed by atoms with Gasteiger partial charge in [0.15, 0.2) is 5.82 Å². The Bertz CT molecular complexity index is 435. The van der Waals surface area contributed by atoms with Crippen molar-refractivity contribution in [3.8, 4) is 11.8 Å². The summed E-state index contributed by atoms with van der Waals surface area (Å²) in [6.45, 7) is 1.85. The number of aromatic nitrogens is 1. The number of rotatable bonds is 1. The topological polar surface area (TPSA) is 39.2 Å². The first-order valence-electron chi connectivity index (χ1n) is 4.13.